The van der Waals surface area contributed by atoms with Crippen LogP contribution in [0.25, 0.3) is 0 Å². The molecule has 1 amide bonds. The van der Waals surface area contributed by atoms with E-state index in [1.807, 2.05) is 37.3 Å². The maximum absolute atomic E-state index is 13.0. The molecule has 0 unspecified atom stereocenters. The van der Waals surface area contributed by atoms with Gasteiger partial charge in [0, 0.05) is 6.42 Å². The van der Waals surface area contributed by atoms with Gasteiger partial charge in [-0.25, -0.2) is 4.79 Å². The molecule has 1 heterocycles. The maximum Gasteiger partial charge on any atom is 0.332 e. The van der Waals surface area contributed by atoms with Crippen molar-refractivity contribution < 1.29 is 19.5 Å². The smallest absolute Gasteiger partial charge is 0.332 e. The molecule has 6 nitrogen and oxygen atoms in total. The normalized spacial score (nSPS) is 21.3. The minimum atomic E-state index is -1.51. The number of likely N-dealkylation sites (tertiary alicyclic amines) is 1. The summed E-state index contributed by atoms with van der Waals surface area (Å²) in [7, 11) is 0. The number of amides is 1. The van der Waals surface area contributed by atoms with Gasteiger partial charge in [-0.3, -0.25) is 14.5 Å². The Labute approximate surface area is 154 Å². The highest BCUT2D eigenvalue weighted by molar-refractivity contribution is 6.11. The Morgan fingerprint density at radius 2 is 1.96 bits per heavy atom. The summed E-state index contributed by atoms with van der Waals surface area (Å²) >= 11 is 0. The summed E-state index contributed by atoms with van der Waals surface area (Å²) in [5.74, 6) is -1.78. The van der Waals surface area contributed by atoms with E-state index in [-0.39, 0.29) is 12.3 Å². The lowest BCUT2D eigenvalue weighted by Gasteiger charge is -2.35. The zero-order valence-electron chi connectivity index (χ0n) is 15.5. The van der Waals surface area contributed by atoms with Crippen LogP contribution in [0.3, 0.4) is 0 Å². The standard InChI is InChI=1S/C20H28N2O4/c1-3-13-22-14-7-12-20(22,19(25)26)18(24)15(2)21-17(23)11-10-16-8-5-4-6-9-16/h4-6,8-9,15H,3,7,10-14H2,1-2H3,(H,21,23)(H,25,26)/t15-,20+/m0/s1. The van der Waals surface area contributed by atoms with Gasteiger partial charge in [-0.1, -0.05) is 37.3 Å². The molecule has 26 heavy (non-hydrogen) atoms. The second kappa shape index (κ2) is 8.94. The molecular weight excluding hydrogens is 332 g/mol. The van der Waals surface area contributed by atoms with Gasteiger partial charge in [0.1, 0.15) is 0 Å². The number of carboxylic acid groups (broad SMARTS) is 1. The maximum atomic E-state index is 13.0. The minimum Gasteiger partial charge on any atom is -0.480 e. The molecule has 1 aliphatic rings. The number of nitrogens with zero attached hydrogens (tertiary/aromatic N) is 1. The van der Waals surface area contributed by atoms with E-state index < -0.39 is 23.3 Å². The number of benzene rings is 1. The largest absolute Gasteiger partial charge is 0.480 e. The number of rotatable bonds is 9. The van der Waals surface area contributed by atoms with Gasteiger partial charge in [0.05, 0.1) is 6.04 Å². The Morgan fingerprint density at radius 1 is 1.27 bits per heavy atom. The molecule has 2 N–H and O–H groups in total. The van der Waals surface area contributed by atoms with E-state index in [4.69, 9.17) is 0 Å². The third kappa shape index (κ3) is 4.30. The van der Waals surface area contributed by atoms with Gasteiger partial charge in [-0.2, -0.15) is 0 Å². The molecule has 6 heteroatoms. The van der Waals surface area contributed by atoms with E-state index in [1.165, 1.54) is 0 Å². The summed E-state index contributed by atoms with van der Waals surface area (Å²) < 4.78 is 0. The SMILES string of the molecule is CCCN1CCC[C@]1(C(=O)O)C(=O)[C@H](C)NC(=O)CCc1ccccc1. The molecule has 1 aliphatic heterocycles. The summed E-state index contributed by atoms with van der Waals surface area (Å²) in [5.41, 5.74) is -0.462. The van der Waals surface area contributed by atoms with E-state index in [1.54, 1.807) is 11.8 Å². The summed E-state index contributed by atoms with van der Waals surface area (Å²) in [6, 6.07) is 8.81. The molecule has 142 valence electrons. The van der Waals surface area contributed by atoms with Gasteiger partial charge in [-0.05, 0) is 51.3 Å². The molecule has 1 aromatic carbocycles. The van der Waals surface area contributed by atoms with E-state index in [9.17, 15) is 19.5 Å². The van der Waals surface area contributed by atoms with Crippen molar-refractivity contribution in [3.8, 4) is 0 Å². The second-order valence-electron chi connectivity index (χ2n) is 6.90. The predicted octanol–water partition coefficient (Wildman–Crippen LogP) is 2.02. The molecule has 2 atom stereocenters. The topological polar surface area (TPSA) is 86.7 Å². The molecule has 0 aromatic heterocycles. The van der Waals surface area contributed by atoms with Crippen molar-refractivity contribution in [1.82, 2.24) is 10.2 Å². The first-order valence-electron chi connectivity index (χ1n) is 9.28. The number of aryl methyl sites for hydroxylation is 1. The minimum absolute atomic E-state index is 0.240. The Kier molecular flexibility index (Phi) is 6.91. The lowest BCUT2D eigenvalue weighted by Crippen LogP contribution is -2.61. The first-order chi connectivity index (χ1) is 12.4. The van der Waals surface area contributed by atoms with Crippen molar-refractivity contribution in [3.05, 3.63) is 35.9 Å². The third-order valence-corrected chi connectivity index (χ3v) is 5.02. The fraction of sp³-hybridized carbons (Fsp3) is 0.550. The Bertz CT molecular complexity index is 646. The number of aliphatic carboxylic acids is 1. The molecule has 0 saturated carbocycles. The molecule has 1 aromatic rings. The zero-order chi connectivity index (χ0) is 19.2. The second-order valence-corrected chi connectivity index (χ2v) is 6.90. The van der Waals surface area contributed by atoms with Gasteiger partial charge >= 0.3 is 5.97 Å². The van der Waals surface area contributed by atoms with Gasteiger partial charge in [0.25, 0.3) is 0 Å². The number of carboxylic acids is 1. The molecule has 0 spiro atoms. The summed E-state index contributed by atoms with van der Waals surface area (Å²) in [5, 5.41) is 12.5. The van der Waals surface area contributed by atoms with Crippen LogP contribution < -0.4 is 5.32 Å². The van der Waals surface area contributed by atoms with Crippen molar-refractivity contribution in [3.63, 3.8) is 0 Å². The highest BCUT2D eigenvalue weighted by atomic mass is 16.4. The van der Waals surface area contributed by atoms with Crippen LogP contribution in [0.4, 0.5) is 0 Å². The number of hydrogen-bond acceptors (Lipinski definition) is 4. The van der Waals surface area contributed by atoms with E-state index in [2.05, 4.69) is 5.32 Å². The fourth-order valence-electron chi connectivity index (χ4n) is 3.71. The number of ketones is 1. The molecule has 2 rings (SSSR count). The monoisotopic (exact) mass is 360 g/mol. The lowest BCUT2D eigenvalue weighted by atomic mass is 9.86. The number of hydrogen-bond donors (Lipinski definition) is 2. The highest BCUT2D eigenvalue weighted by Gasteiger charge is 2.54. The average Bonchev–Trinajstić information content (AvgIpc) is 3.05. The molecule has 1 saturated heterocycles. The van der Waals surface area contributed by atoms with Crippen LogP contribution in [0.5, 0.6) is 0 Å². The number of Topliss-reactive ketones (excluding diaryl/α,β-unsaturated/α-hetero) is 1. The number of nitrogens with one attached hydrogen (secondary N) is 1. The van der Waals surface area contributed by atoms with E-state index >= 15 is 0 Å². The quantitative estimate of drug-likeness (QED) is 0.658. The van der Waals surface area contributed by atoms with Crippen molar-refractivity contribution >= 4 is 17.7 Å². The van der Waals surface area contributed by atoms with Crippen LogP contribution in [0.2, 0.25) is 0 Å². The molecule has 1 fully saturated rings. The van der Waals surface area contributed by atoms with Crippen LogP contribution in [0.1, 0.15) is 45.1 Å². The molecule has 0 bridgehead atoms. The molecular formula is C20H28N2O4. The molecule has 0 radical (unpaired) electrons. The predicted molar refractivity (Wildman–Crippen MR) is 98.8 cm³/mol. The first-order valence-corrected chi connectivity index (χ1v) is 9.28. The van der Waals surface area contributed by atoms with Crippen molar-refractivity contribution in [2.45, 2.75) is 57.5 Å². The Hall–Kier alpha value is -2.21. The Balaban J connectivity index is 2.00. The first kappa shape index (κ1) is 20.1. The number of carbonyl (C=O) groups excluding carboxylic acids is 2. The van der Waals surface area contributed by atoms with Gasteiger partial charge in [0.2, 0.25) is 5.91 Å². The summed E-state index contributed by atoms with van der Waals surface area (Å²) in [6.45, 7) is 4.70. The van der Waals surface area contributed by atoms with Crippen molar-refractivity contribution in [2.24, 2.45) is 0 Å². The van der Waals surface area contributed by atoms with Crippen LogP contribution >= 0.6 is 0 Å². The fourth-order valence-corrected chi connectivity index (χ4v) is 3.71. The van der Waals surface area contributed by atoms with Crippen LogP contribution in [-0.4, -0.2) is 52.3 Å². The summed E-state index contributed by atoms with van der Waals surface area (Å²) in [6.07, 6.45) is 2.60. The van der Waals surface area contributed by atoms with Crippen molar-refractivity contribution in [2.75, 3.05) is 13.1 Å². The van der Waals surface area contributed by atoms with Gasteiger partial charge < -0.3 is 10.4 Å². The Morgan fingerprint density at radius 3 is 2.58 bits per heavy atom. The van der Waals surface area contributed by atoms with E-state index in [0.717, 1.165) is 12.0 Å². The van der Waals surface area contributed by atoms with Gasteiger partial charge in [0.15, 0.2) is 11.3 Å². The lowest BCUT2D eigenvalue weighted by molar-refractivity contribution is -0.157. The van der Waals surface area contributed by atoms with Crippen LogP contribution in [0.15, 0.2) is 30.3 Å². The highest BCUT2D eigenvalue weighted by Crippen LogP contribution is 2.32. The molecule has 0 aliphatic carbocycles. The van der Waals surface area contributed by atoms with Crippen LogP contribution in [0, 0.1) is 0 Å². The average molecular weight is 360 g/mol. The van der Waals surface area contributed by atoms with Crippen LogP contribution in [-0.2, 0) is 20.8 Å². The zero-order valence-corrected chi connectivity index (χ0v) is 15.5. The van der Waals surface area contributed by atoms with Gasteiger partial charge in [-0.15, -0.1) is 0 Å². The van der Waals surface area contributed by atoms with Crippen molar-refractivity contribution in [1.29, 1.82) is 0 Å². The van der Waals surface area contributed by atoms with E-state index in [0.29, 0.717) is 32.4 Å². The third-order valence-electron chi connectivity index (χ3n) is 5.02. The number of carbonyl (C=O) groups is 3. The summed E-state index contributed by atoms with van der Waals surface area (Å²) in [4.78, 5) is 38.9.